The number of carboxylic acids is 1. The molecule has 0 unspecified atom stereocenters. The van der Waals surface area contributed by atoms with E-state index >= 15 is 0 Å². The summed E-state index contributed by atoms with van der Waals surface area (Å²) in [5.41, 5.74) is -1.04. The van der Waals surface area contributed by atoms with Crippen molar-refractivity contribution in [2.24, 2.45) is 0 Å². The Labute approximate surface area is 127 Å². The average Bonchev–Trinajstić information content (AvgIpc) is 2.84. The molecule has 2 aromatic rings. The van der Waals surface area contributed by atoms with Crippen LogP contribution < -0.4 is 5.32 Å². The minimum atomic E-state index is -1.52. The topological polar surface area (TPSA) is 66.4 Å². The molecule has 1 aromatic heterocycles. The van der Waals surface area contributed by atoms with Gasteiger partial charge in [0.15, 0.2) is 11.6 Å². The zero-order valence-corrected chi connectivity index (χ0v) is 11.9. The Morgan fingerprint density at radius 2 is 1.81 bits per heavy atom. The average molecular weight is 332 g/mol. The van der Waals surface area contributed by atoms with Crippen molar-refractivity contribution >= 4 is 34.8 Å². The molecule has 4 nitrogen and oxygen atoms in total. The first-order valence-electron chi connectivity index (χ1n) is 5.63. The van der Waals surface area contributed by atoms with E-state index in [-0.39, 0.29) is 6.54 Å². The number of thiophene rings is 1. The molecule has 1 heterocycles. The maximum Gasteiger partial charge on any atom is 0.336 e. The van der Waals surface area contributed by atoms with Gasteiger partial charge in [0.2, 0.25) is 0 Å². The van der Waals surface area contributed by atoms with E-state index in [9.17, 15) is 18.4 Å². The van der Waals surface area contributed by atoms with E-state index in [1.165, 1.54) is 11.3 Å². The highest BCUT2D eigenvalue weighted by Crippen LogP contribution is 2.21. The summed E-state index contributed by atoms with van der Waals surface area (Å²) in [7, 11) is 0. The predicted molar refractivity (Wildman–Crippen MR) is 73.8 cm³/mol. The molecule has 0 atom stereocenters. The Morgan fingerprint density at radius 1 is 1.19 bits per heavy atom. The van der Waals surface area contributed by atoms with Crippen molar-refractivity contribution in [2.45, 2.75) is 6.54 Å². The summed E-state index contributed by atoms with van der Waals surface area (Å²) in [4.78, 5) is 23.6. The first-order valence-corrected chi connectivity index (χ1v) is 6.82. The van der Waals surface area contributed by atoms with Crippen LogP contribution in [0.3, 0.4) is 0 Å². The van der Waals surface area contributed by atoms with Crippen molar-refractivity contribution in [3.05, 3.63) is 56.2 Å². The summed E-state index contributed by atoms with van der Waals surface area (Å²) in [6, 6.07) is 4.38. The van der Waals surface area contributed by atoms with Gasteiger partial charge >= 0.3 is 5.97 Å². The smallest absolute Gasteiger partial charge is 0.336 e. The van der Waals surface area contributed by atoms with E-state index in [0.717, 1.165) is 4.88 Å². The van der Waals surface area contributed by atoms with Gasteiger partial charge in [0.1, 0.15) is 0 Å². The molecule has 0 aliphatic rings. The van der Waals surface area contributed by atoms with Crippen molar-refractivity contribution in [3.8, 4) is 0 Å². The number of benzene rings is 1. The molecule has 2 rings (SSSR count). The largest absolute Gasteiger partial charge is 0.478 e. The van der Waals surface area contributed by atoms with Crippen LogP contribution in [0.1, 0.15) is 25.6 Å². The lowest BCUT2D eigenvalue weighted by Gasteiger charge is -2.07. The number of hydrogen-bond donors (Lipinski definition) is 2. The van der Waals surface area contributed by atoms with Gasteiger partial charge in [-0.25, -0.2) is 13.6 Å². The summed E-state index contributed by atoms with van der Waals surface area (Å²) in [5, 5.41) is 11.4. The Bertz CT molecular complexity index is 717. The molecule has 0 saturated carbocycles. The molecule has 21 heavy (non-hydrogen) atoms. The molecule has 0 saturated heterocycles. The van der Waals surface area contributed by atoms with E-state index in [4.69, 9.17) is 16.7 Å². The fraction of sp³-hybridized carbons (Fsp3) is 0.0769. The molecule has 0 bridgehead atoms. The highest BCUT2D eigenvalue weighted by atomic mass is 35.5. The van der Waals surface area contributed by atoms with Gasteiger partial charge in [0.05, 0.1) is 22.0 Å². The molecule has 0 aliphatic carbocycles. The van der Waals surface area contributed by atoms with Crippen LogP contribution >= 0.6 is 22.9 Å². The Hall–Kier alpha value is -1.99. The van der Waals surface area contributed by atoms with Gasteiger partial charge in [0, 0.05) is 4.88 Å². The summed E-state index contributed by atoms with van der Waals surface area (Å²) in [6.45, 7) is 0.105. The van der Waals surface area contributed by atoms with Crippen molar-refractivity contribution in [2.75, 3.05) is 0 Å². The predicted octanol–water partition coefficient (Wildman–Crippen LogP) is 3.31. The second kappa shape index (κ2) is 6.19. The molecular weight excluding hydrogens is 324 g/mol. The fourth-order valence-electron chi connectivity index (χ4n) is 1.62. The summed E-state index contributed by atoms with van der Waals surface area (Å²) in [5.74, 6) is -4.94. The third kappa shape index (κ3) is 3.56. The van der Waals surface area contributed by atoms with Gasteiger partial charge in [-0.1, -0.05) is 11.6 Å². The number of nitrogens with one attached hydrogen (secondary N) is 1. The SMILES string of the molecule is O=C(O)c1cc(F)c(F)cc1C(=O)NCc1ccc(Cl)s1. The lowest BCUT2D eigenvalue weighted by atomic mass is 10.1. The second-order valence-corrected chi connectivity index (χ2v) is 5.81. The molecule has 8 heteroatoms. The molecule has 0 aliphatic heterocycles. The van der Waals surface area contributed by atoms with Crippen molar-refractivity contribution in [1.82, 2.24) is 5.32 Å². The Kier molecular flexibility index (Phi) is 4.54. The van der Waals surface area contributed by atoms with Crippen LogP contribution in [-0.4, -0.2) is 17.0 Å². The molecule has 0 radical (unpaired) electrons. The van der Waals surface area contributed by atoms with E-state index in [0.29, 0.717) is 16.5 Å². The number of carboxylic acid groups (broad SMARTS) is 1. The third-order valence-electron chi connectivity index (χ3n) is 2.59. The van der Waals surface area contributed by atoms with Gasteiger partial charge in [-0.2, -0.15) is 0 Å². The van der Waals surface area contributed by atoms with Crippen LogP contribution in [0.5, 0.6) is 0 Å². The number of aromatic carboxylic acids is 1. The van der Waals surface area contributed by atoms with Gasteiger partial charge in [-0.3, -0.25) is 4.79 Å². The molecular formula is C13H8ClF2NO3S. The Balaban J connectivity index is 2.22. The number of amides is 1. The van der Waals surface area contributed by atoms with Gasteiger partial charge in [0.25, 0.3) is 5.91 Å². The minimum absolute atomic E-state index is 0.105. The van der Waals surface area contributed by atoms with E-state index < -0.39 is 34.6 Å². The molecule has 0 fully saturated rings. The maximum atomic E-state index is 13.2. The second-order valence-electron chi connectivity index (χ2n) is 4.01. The third-order valence-corrected chi connectivity index (χ3v) is 3.82. The van der Waals surface area contributed by atoms with Crippen LogP contribution in [0.4, 0.5) is 8.78 Å². The quantitative estimate of drug-likeness (QED) is 0.903. The zero-order chi connectivity index (χ0) is 15.6. The molecule has 1 aromatic carbocycles. The van der Waals surface area contributed by atoms with Crippen LogP contribution in [0.15, 0.2) is 24.3 Å². The van der Waals surface area contributed by atoms with Crippen LogP contribution in [0.25, 0.3) is 0 Å². The molecule has 2 N–H and O–H groups in total. The number of carbonyl (C=O) groups is 2. The minimum Gasteiger partial charge on any atom is -0.478 e. The molecule has 1 amide bonds. The number of carbonyl (C=O) groups excluding carboxylic acids is 1. The lowest BCUT2D eigenvalue weighted by molar-refractivity contribution is 0.0690. The standard InChI is InChI=1S/C13H8ClF2NO3S/c14-11-2-1-6(21-11)5-17-12(18)7-3-9(15)10(16)4-8(7)13(19)20/h1-4H,5H2,(H,17,18)(H,19,20). The maximum absolute atomic E-state index is 13.2. The molecule has 110 valence electrons. The summed E-state index contributed by atoms with van der Waals surface area (Å²) >= 11 is 6.98. The number of rotatable bonds is 4. The lowest BCUT2D eigenvalue weighted by Crippen LogP contribution is -2.25. The monoisotopic (exact) mass is 331 g/mol. The van der Waals surface area contributed by atoms with Crippen LogP contribution in [0, 0.1) is 11.6 Å². The van der Waals surface area contributed by atoms with E-state index in [2.05, 4.69) is 5.32 Å². The van der Waals surface area contributed by atoms with E-state index in [1.807, 2.05) is 0 Å². The summed E-state index contributed by atoms with van der Waals surface area (Å²) < 4.78 is 26.8. The normalized spacial score (nSPS) is 10.4. The van der Waals surface area contributed by atoms with Crippen molar-refractivity contribution in [3.63, 3.8) is 0 Å². The van der Waals surface area contributed by atoms with Crippen molar-refractivity contribution in [1.29, 1.82) is 0 Å². The van der Waals surface area contributed by atoms with Crippen molar-refractivity contribution < 1.29 is 23.5 Å². The first-order chi connectivity index (χ1) is 9.88. The fourth-order valence-corrected chi connectivity index (χ4v) is 2.65. The number of hydrogen-bond acceptors (Lipinski definition) is 3. The first kappa shape index (κ1) is 15.4. The summed E-state index contributed by atoms with van der Waals surface area (Å²) in [6.07, 6.45) is 0. The highest BCUT2D eigenvalue weighted by molar-refractivity contribution is 7.16. The van der Waals surface area contributed by atoms with Gasteiger partial charge < -0.3 is 10.4 Å². The van der Waals surface area contributed by atoms with Crippen LogP contribution in [0.2, 0.25) is 4.34 Å². The van der Waals surface area contributed by atoms with E-state index in [1.54, 1.807) is 12.1 Å². The molecule has 0 spiro atoms. The van der Waals surface area contributed by atoms with Gasteiger partial charge in [-0.05, 0) is 24.3 Å². The van der Waals surface area contributed by atoms with Crippen LogP contribution in [-0.2, 0) is 6.54 Å². The Morgan fingerprint density at radius 3 is 2.33 bits per heavy atom. The zero-order valence-electron chi connectivity index (χ0n) is 10.3. The number of halogens is 3. The highest BCUT2D eigenvalue weighted by Gasteiger charge is 2.20. The van der Waals surface area contributed by atoms with Gasteiger partial charge in [-0.15, -0.1) is 11.3 Å².